The Bertz CT molecular complexity index is 488. The zero-order valence-electron chi connectivity index (χ0n) is 11.4. The summed E-state index contributed by atoms with van der Waals surface area (Å²) in [6.07, 6.45) is 1.25. The number of allylic oxidation sites excluding steroid dienone is 2. The van der Waals surface area contributed by atoms with E-state index in [2.05, 4.69) is 0 Å². The highest BCUT2D eigenvalue weighted by Crippen LogP contribution is 2.69. The first-order valence-electron chi connectivity index (χ1n) is 6.65. The number of fused-ring (bicyclic) bond motifs is 1. The second kappa shape index (κ2) is 3.13. The second-order valence-corrected chi connectivity index (χ2v) is 7.02. The third-order valence-corrected chi connectivity index (χ3v) is 5.87. The first-order valence-corrected chi connectivity index (χ1v) is 6.65. The van der Waals surface area contributed by atoms with Gasteiger partial charge in [0.2, 0.25) is 0 Å². The summed E-state index contributed by atoms with van der Waals surface area (Å²) >= 11 is 0. The first-order chi connectivity index (χ1) is 8.22. The average molecular weight is 248 g/mol. The first kappa shape index (κ1) is 12.1. The summed E-state index contributed by atoms with van der Waals surface area (Å²) in [5.41, 5.74) is 0.0900. The van der Waals surface area contributed by atoms with Gasteiger partial charge in [0.15, 0.2) is 5.78 Å². The average Bonchev–Trinajstić information content (AvgIpc) is 2.31. The van der Waals surface area contributed by atoms with Crippen LogP contribution in [0.3, 0.4) is 0 Å². The molecule has 0 aromatic carbocycles. The highest BCUT2D eigenvalue weighted by Gasteiger charge is 2.73. The van der Waals surface area contributed by atoms with E-state index < -0.39 is 11.5 Å². The van der Waals surface area contributed by atoms with Gasteiger partial charge in [0.05, 0.1) is 6.10 Å². The molecule has 0 heterocycles. The fraction of sp³-hybridized carbons (Fsp3) is 0.733. The number of aliphatic hydroxyl groups excluding tert-OH is 1. The number of Topliss-reactive ketones (excluding diaryl/α,β-unsaturated/α-hetero) is 1. The van der Waals surface area contributed by atoms with Gasteiger partial charge in [-0.3, -0.25) is 9.59 Å². The Morgan fingerprint density at radius 3 is 2.39 bits per heavy atom. The Morgan fingerprint density at radius 2 is 1.83 bits per heavy atom. The lowest BCUT2D eigenvalue weighted by Crippen LogP contribution is -2.66. The van der Waals surface area contributed by atoms with Crippen molar-refractivity contribution < 1.29 is 14.7 Å². The standard InChI is InChI=1S/C15H20O3/c1-7-5-8(16)12-13-11(7)15(12,4)10(18)6-9(17)14(13,2)3/h5,9,11-13,17H,6H2,1-4H3/t9-,11+,12?,13?,15?/m1/s1. The molecule has 1 N–H and O–H groups in total. The van der Waals surface area contributed by atoms with Crippen LogP contribution in [0.4, 0.5) is 0 Å². The van der Waals surface area contributed by atoms with Gasteiger partial charge in [-0.05, 0) is 30.3 Å². The zero-order chi connectivity index (χ0) is 13.5. The molecular weight excluding hydrogens is 228 g/mol. The molecular formula is C15H20O3. The second-order valence-electron chi connectivity index (χ2n) is 7.02. The molecule has 2 fully saturated rings. The van der Waals surface area contributed by atoms with E-state index in [1.165, 1.54) is 0 Å². The summed E-state index contributed by atoms with van der Waals surface area (Å²) in [5.74, 6) is 0.179. The minimum absolute atomic E-state index is 0.0626. The van der Waals surface area contributed by atoms with Gasteiger partial charge < -0.3 is 5.11 Å². The molecule has 0 amide bonds. The number of hydrogen-bond acceptors (Lipinski definition) is 3. The molecule has 0 radical (unpaired) electrons. The minimum Gasteiger partial charge on any atom is -0.392 e. The molecule has 98 valence electrons. The molecule has 3 unspecified atom stereocenters. The molecule has 4 rings (SSSR count). The van der Waals surface area contributed by atoms with E-state index >= 15 is 0 Å². The lowest BCUT2D eigenvalue weighted by molar-refractivity contribution is -0.176. The third kappa shape index (κ3) is 1.05. The minimum atomic E-state index is -0.636. The summed E-state index contributed by atoms with van der Waals surface area (Å²) in [5, 5.41) is 10.3. The van der Waals surface area contributed by atoms with E-state index in [0.29, 0.717) is 0 Å². The van der Waals surface area contributed by atoms with Gasteiger partial charge in [0, 0.05) is 17.8 Å². The van der Waals surface area contributed by atoms with Crippen LogP contribution in [0.1, 0.15) is 34.1 Å². The lowest BCUT2D eigenvalue weighted by Gasteiger charge is -2.63. The lowest BCUT2D eigenvalue weighted by atomic mass is 9.38. The predicted octanol–water partition coefficient (Wildman–Crippen LogP) is 1.74. The topological polar surface area (TPSA) is 54.4 Å². The number of aliphatic hydroxyl groups is 1. The summed E-state index contributed by atoms with van der Waals surface area (Å²) in [6, 6.07) is 0. The van der Waals surface area contributed by atoms with Gasteiger partial charge in [0.25, 0.3) is 0 Å². The summed E-state index contributed by atoms with van der Waals surface area (Å²) in [4.78, 5) is 24.7. The Kier molecular flexibility index (Phi) is 2.10. The number of carbonyl (C=O) groups excluding carboxylic acids is 2. The summed E-state index contributed by atoms with van der Waals surface area (Å²) in [7, 11) is 0. The van der Waals surface area contributed by atoms with Gasteiger partial charge >= 0.3 is 0 Å². The number of carbonyl (C=O) groups is 2. The van der Waals surface area contributed by atoms with Gasteiger partial charge in [-0.25, -0.2) is 0 Å². The Labute approximate surface area is 107 Å². The van der Waals surface area contributed by atoms with Crippen LogP contribution in [0.15, 0.2) is 11.6 Å². The van der Waals surface area contributed by atoms with Crippen molar-refractivity contribution in [2.45, 2.75) is 40.2 Å². The maximum atomic E-state index is 12.4. The smallest absolute Gasteiger partial charge is 0.160 e. The van der Waals surface area contributed by atoms with E-state index in [1.807, 2.05) is 27.7 Å². The van der Waals surface area contributed by atoms with Crippen molar-refractivity contribution in [1.29, 1.82) is 0 Å². The van der Waals surface area contributed by atoms with Gasteiger partial charge in [0.1, 0.15) is 5.78 Å². The highest BCUT2D eigenvalue weighted by atomic mass is 16.3. The van der Waals surface area contributed by atoms with Gasteiger partial charge in [-0.2, -0.15) is 0 Å². The molecule has 5 atom stereocenters. The zero-order valence-corrected chi connectivity index (χ0v) is 11.4. The van der Waals surface area contributed by atoms with Crippen molar-refractivity contribution in [3.63, 3.8) is 0 Å². The summed E-state index contributed by atoms with van der Waals surface area (Å²) < 4.78 is 0. The Balaban J connectivity index is 2.21. The van der Waals surface area contributed by atoms with Crippen molar-refractivity contribution >= 4 is 11.6 Å². The summed E-state index contributed by atoms with van der Waals surface area (Å²) in [6.45, 7) is 7.85. The third-order valence-electron chi connectivity index (χ3n) is 5.87. The quantitative estimate of drug-likeness (QED) is 0.710. The van der Waals surface area contributed by atoms with Crippen molar-refractivity contribution in [3.8, 4) is 0 Å². The van der Waals surface area contributed by atoms with E-state index in [1.54, 1.807) is 6.08 Å². The molecule has 2 saturated carbocycles. The molecule has 3 nitrogen and oxygen atoms in total. The molecule has 4 bridgehead atoms. The van der Waals surface area contributed by atoms with Crippen molar-refractivity contribution in [1.82, 2.24) is 0 Å². The molecule has 4 aliphatic rings. The molecule has 18 heavy (non-hydrogen) atoms. The van der Waals surface area contributed by atoms with Crippen LogP contribution < -0.4 is 0 Å². The van der Waals surface area contributed by atoms with Crippen LogP contribution in [0.5, 0.6) is 0 Å². The van der Waals surface area contributed by atoms with Gasteiger partial charge in [-0.1, -0.05) is 26.3 Å². The highest BCUT2D eigenvalue weighted by molar-refractivity contribution is 6.03. The van der Waals surface area contributed by atoms with E-state index in [9.17, 15) is 14.7 Å². The van der Waals surface area contributed by atoms with E-state index in [0.717, 1.165) is 5.57 Å². The Hall–Kier alpha value is -0.960. The molecule has 0 spiro atoms. The number of ketones is 2. The van der Waals surface area contributed by atoms with Crippen LogP contribution >= 0.6 is 0 Å². The molecule has 0 aromatic rings. The van der Waals surface area contributed by atoms with Crippen molar-refractivity contribution in [3.05, 3.63) is 11.6 Å². The SMILES string of the molecule is CC1=CC(=O)C2C3[C@H]1C2(C)C(=O)C[C@@H](O)C3(C)C. The largest absolute Gasteiger partial charge is 0.392 e. The number of rotatable bonds is 0. The van der Waals surface area contributed by atoms with E-state index in [4.69, 9.17) is 0 Å². The van der Waals surface area contributed by atoms with Crippen LogP contribution in [0.2, 0.25) is 0 Å². The van der Waals surface area contributed by atoms with Crippen LogP contribution in [-0.2, 0) is 9.59 Å². The Morgan fingerprint density at radius 1 is 1.22 bits per heavy atom. The predicted molar refractivity (Wildman–Crippen MR) is 66.8 cm³/mol. The molecule has 0 aliphatic heterocycles. The molecule has 0 aromatic heterocycles. The van der Waals surface area contributed by atoms with Crippen LogP contribution in [0, 0.1) is 28.6 Å². The molecule has 3 heteroatoms. The van der Waals surface area contributed by atoms with E-state index in [-0.39, 0.29) is 41.2 Å². The maximum absolute atomic E-state index is 12.4. The maximum Gasteiger partial charge on any atom is 0.160 e. The molecule has 0 saturated heterocycles. The van der Waals surface area contributed by atoms with Crippen molar-refractivity contribution in [2.24, 2.45) is 28.6 Å². The monoisotopic (exact) mass is 248 g/mol. The molecule has 4 aliphatic carbocycles. The van der Waals surface area contributed by atoms with Crippen LogP contribution in [-0.4, -0.2) is 22.8 Å². The number of hydrogen-bond donors (Lipinski definition) is 1. The van der Waals surface area contributed by atoms with Crippen molar-refractivity contribution in [2.75, 3.05) is 0 Å². The van der Waals surface area contributed by atoms with Crippen LogP contribution in [0.25, 0.3) is 0 Å². The normalized spacial score (nSPS) is 49.3. The fourth-order valence-electron chi connectivity index (χ4n) is 4.73. The van der Waals surface area contributed by atoms with Gasteiger partial charge in [-0.15, -0.1) is 0 Å². The fourth-order valence-corrected chi connectivity index (χ4v) is 4.73.